The lowest BCUT2D eigenvalue weighted by Gasteiger charge is -2.37. The molecular weight excluding hydrogens is 492 g/mol. The number of hydrogen-bond acceptors (Lipinski definition) is 8. The SMILES string of the molecule is N[C@H]1CCN(C(=O)CCCC(=O)N2CCN(c3cccc4c3C(=O)N(C3CCC(=O)NC3=O)C4=O)CC2)C1. The predicted molar refractivity (Wildman–Crippen MR) is 135 cm³/mol. The molecule has 1 unspecified atom stereocenters. The number of rotatable bonds is 6. The summed E-state index contributed by atoms with van der Waals surface area (Å²) in [5, 5.41) is 2.21. The minimum atomic E-state index is -1.02. The van der Waals surface area contributed by atoms with E-state index < -0.39 is 29.7 Å². The fraction of sp³-hybridized carbons (Fsp3) is 0.538. The number of imide groups is 2. The average molecular weight is 525 g/mol. The number of likely N-dealkylation sites (tertiary alicyclic amines) is 1. The Balaban J connectivity index is 1.18. The molecule has 12 nitrogen and oxygen atoms in total. The first-order chi connectivity index (χ1) is 18.2. The molecule has 5 rings (SSSR count). The van der Waals surface area contributed by atoms with Gasteiger partial charge in [-0.1, -0.05) is 6.07 Å². The standard InChI is InChI=1S/C26H32N6O6/c27-16-9-10-31(15-16)22(35)6-2-5-21(34)30-13-11-29(12-14-30)18-4-1-3-17-23(18)26(38)32(25(17)37)19-7-8-20(33)28-24(19)36/h1,3-4,16,19H,2,5-15,27H2,(H,28,33,36)/t16-,19?/m0/s1. The number of benzene rings is 1. The summed E-state index contributed by atoms with van der Waals surface area (Å²) in [6.07, 6.45) is 2.09. The van der Waals surface area contributed by atoms with Crippen LogP contribution >= 0.6 is 0 Å². The lowest BCUT2D eigenvalue weighted by Crippen LogP contribution is -2.54. The number of nitrogens with one attached hydrogen (secondary N) is 1. The maximum atomic E-state index is 13.4. The highest BCUT2D eigenvalue weighted by molar-refractivity contribution is 6.25. The maximum Gasteiger partial charge on any atom is 0.264 e. The molecule has 3 N–H and O–H groups in total. The number of hydrogen-bond donors (Lipinski definition) is 2. The molecule has 12 heteroatoms. The molecule has 4 aliphatic rings. The van der Waals surface area contributed by atoms with Crippen LogP contribution in [-0.4, -0.2) is 101 Å². The van der Waals surface area contributed by atoms with Crippen LogP contribution in [0.1, 0.15) is 59.2 Å². The Labute approximate surface area is 220 Å². The maximum absolute atomic E-state index is 13.4. The summed E-state index contributed by atoms with van der Waals surface area (Å²) >= 11 is 0. The van der Waals surface area contributed by atoms with E-state index >= 15 is 0 Å². The number of anilines is 1. The van der Waals surface area contributed by atoms with Crippen LogP contribution in [0.2, 0.25) is 0 Å². The summed E-state index contributed by atoms with van der Waals surface area (Å²) < 4.78 is 0. The first-order valence-corrected chi connectivity index (χ1v) is 13.1. The zero-order valence-electron chi connectivity index (χ0n) is 21.2. The van der Waals surface area contributed by atoms with Crippen molar-refractivity contribution in [2.24, 2.45) is 5.73 Å². The molecule has 1 aromatic rings. The molecule has 0 radical (unpaired) electrons. The van der Waals surface area contributed by atoms with Gasteiger partial charge in [0.1, 0.15) is 6.04 Å². The Morgan fingerprint density at radius 1 is 0.895 bits per heavy atom. The van der Waals surface area contributed by atoms with E-state index in [0.717, 1.165) is 11.3 Å². The highest BCUT2D eigenvalue weighted by atomic mass is 16.2. The van der Waals surface area contributed by atoms with Crippen molar-refractivity contribution < 1.29 is 28.8 Å². The molecule has 3 saturated heterocycles. The molecule has 2 atom stereocenters. The Hall–Kier alpha value is -3.80. The van der Waals surface area contributed by atoms with Crippen molar-refractivity contribution in [3.05, 3.63) is 29.3 Å². The lowest BCUT2D eigenvalue weighted by atomic mass is 10.0. The number of nitrogens with zero attached hydrogens (tertiary/aromatic N) is 4. The highest BCUT2D eigenvalue weighted by Crippen LogP contribution is 2.34. The van der Waals surface area contributed by atoms with Gasteiger partial charge < -0.3 is 20.4 Å². The molecule has 0 spiro atoms. The second-order valence-electron chi connectivity index (χ2n) is 10.3. The highest BCUT2D eigenvalue weighted by Gasteiger charge is 2.46. The van der Waals surface area contributed by atoms with Crippen LogP contribution in [0.15, 0.2) is 18.2 Å². The second-order valence-corrected chi connectivity index (χ2v) is 10.3. The summed E-state index contributed by atoms with van der Waals surface area (Å²) in [4.78, 5) is 81.9. The Kier molecular flexibility index (Phi) is 7.15. The van der Waals surface area contributed by atoms with Crippen LogP contribution in [0.5, 0.6) is 0 Å². The number of carbonyl (C=O) groups excluding carboxylic acids is 6. The van der Waals surface area contributed by atoms with Gasteiger partial charge in [-0.15, -0.1) is 0 Å². The summed E-state index contributed by atoms with van der Waals surface area (Å²) in [6, 6.07) is 4.07. The molecule has 4 aliphatic heterocycles. The van der Waals surface area contributed by atoms with E-state index in [1.54, 1.807) is 28.0 Å². The van der Waals surface area contributed by atoms with E-state index in [4.69, 9.17) is 5.73 Å². The molecule has 0 aliphatic carbocycles. The van der Waals surface area contributed by atoms with E-state index in [1.807, 2.05) is 4.90 Å². The number of amides is 6. The number of piperazine rings is 1. The van der Waals surface area contributed by atoms with E-state index in [2.05, 4.69) is 5.32 Å². The molecule has 6 amide bonds. The van der Waals surface area contributed by atoms with Crippen LogP contribution in [-0.2, 0) is 19.2 Å². The lowest BCUT2D eigenvalue weighted by molar-refractivity contribution is -0.136. The fourth-order valence-electron chi connectivity index (χ4n) is 5.68. The van der Waals surface area contributed by atoms with Crippen molar-refractivity contribution in [2.75, 3.05) is 44.2 Å². The van der Waals surface area contributed by atoms with E-state index in [9.17, 15) is 28.8 Å². The van der Waals surface area contributed by atoms with Gasteiger partial charge in [0.05, 0.1) is 16.8 Å². The van der Waals surface area contributed by atoms with Crippen molar-refractivity contribution in [3.8, 4) is 0 Å². The minimum absolute atomic E-state index is 0.0100. The summed E-state index contributed by atoms with van der Waals surface area (Å²) in [6.45, 7) is 3.13. The van der Waals surface area contributed by atoms with Gasteiger partial charge in [-0.05, 0) is 31.4 Å². The van der Waals surface area contributed by atoms with Crippen LogP contribution in [0.25, 0.3) is 0 Å². The Morgan fingerprint density at radius 3 is 2.26 bits per heavy atom. The van der Waals surface area contributed by atoms with Crippen molar-refractivity contribution in [1.82, 2.24) is 20.0 Å². The Morgan fingerprint density at radius 2 is 1.61 bits per heavy atom. The smallest absolute Gasteiger partial charge is 0.264 e. The number of piperidine rings is 1. The Bertz CT molecular complexity index is 1190. The number of nitrogens with two attached hydrogens (primary N) is 1. The predicted octanol–water partition coefficient (Wildman–Crippen LogP) is -0.534. The molecule has 0 bridgehead atoms. The van der Waals surface area contributed by atoms with Crippen LogP contribution in [0.3, 0.4) is 0 Å². The van der Waals surface area contributed by atoms with E-state index in [1.165, 1.54) is 0 Å². The largest absolute Gasteiger partial charge is 0.367 e. The normalized spacial score (nSPS) is 23.7. The zero-order valence-corrected chi connectivity index (χ0v) is 21.2. The fourth-order valence-corrected chi connectivity index (χ4v) is 5.68. The first kappa shape index (κ1) is 25.8. The molecule has 3 fully saturated rings. The average Bonchev–Trinajstić information content (AvgIpc) is 3.45. The third kappa shape index (κ3) is 4.87. The molecule has 0 saturated carbocycles. The summed E-state index contributed by atoms with van der Waals surface area (Å²) in [7, 11) is 0. The van der Waals surface area contributed by atoms with Gasteiger partial charge >= 0.3 is 0 Å². The number of carbonyl (C=O) groups is 6. The topological polar surface area (TPSA) is 153 Å². The van der Waals surface area contributed by atoms with Crippen molar-refractivity contribution >= 4 is 41.1 Å². The molecule has 4 heterocycles. The molecule has 202 valence electrons. The summed E-state index contributed by atoms with van der Waals surface area (Å²) in [5.41, 5.74) is 6.94. The van der Waals surface area contributed by atoms with Crippen molar-refractivity contribution in [1.29, 1.82) is 0 Å². The van der Waals surface area contributed by atoms with Crippen LogP contribution < -0.4 is 16.0 Å². The van der Waals surface area contributed by atoms with Gasteiger partial charge in [-0.2, -0.15) is 0 Å². The monoisotopic (exact) mass is 524 g/mol. The molecule has 0 aromatic heterocycles. The number of fused-ring (bicyclic) bond motifs is 1. The van der Waals surface area contributed by atoms with E-state index in [-0.39, 0.29) is 41.8 Å². The third-order valence-corrected chi connectivity index (χ3v) is 7.78. The van der Waals surface area contributed by atoms with Crippen LogP contribution in [0, 0.1) is 0 Å². The van der Waals surface area contributed by atoms with Gasteiger partial charge in [-0.3, -0.25) is 39.0 Å². The van der Waals surface area contributed by atoms with Gasteiger partial charge in [-0.25, -0.2) is 0 Å². The quantitative estimate of drug-likeness (QED) is 0.471. The third-order valence-electron chi connectivity index (χ3n) is 7.78. The first-order valence-electron chi connectivity index (χ1n) is 13.1. The molecule has 1 aromatic carbocycles. The van der Waals surface area contributed by atoms with Gasteiger partial charge in [0, 0.05) is 64.6 Å². The van der Waals surface area contributed by atoms with Gasteiger partial charge in [0.15, 0.2) is 0 Å². The van der Waals surface area contributed by atoms with Crippen LogP contribution in [0.4, 0.5) is 5.69 Å². The molecule has 38 heavy (non-hydrogen) atoms. The van der Waals surface area contributed by atoms with Crippen molar-refractivity contribution in [3.63, 3.8) is 0 Å². The summed E-state index contributed by atoms with van der Waals surface area (Å²) in [5.74, 6) is -2.12. The zero-order chi connectivity index (χ0) is 27.0. The van der Waals surface area contributed by atoms with E-state index in [0.29, 0.717) is 64.2 Å². The van der Waals surface area contributed by atoms with Gasteiger partial charge in [0.2, 0.25) is 23.6 Å². The molecular formula is C26H32N6O6. The van der Waals surface area contributed by atoms with Crippen molar-refractivity contribution in [2.45, 2.75) is 50.6 Å². The minimum Gasteiger partial charge on any atom is -0.367 e. The van der Waals surface area contributed by atoms with Gasteiger partial charge in [0.25, 0.3) is 11.8 Å². The second kappa shape index (κ2) is 10.5.